The van der Waals surface area contributed by atoms with Crippen LogP contribution in [0, 0.1) is 0 Å². The molecule has 0 amide bonds. The molecule has 0 atom stereocenters. The highest BCUT2D eigenvalue weighted by Crippen LogP contribution is 2.45. The van der Waals surface area contributed by atoms with Gasteiger partial charge in [0.1, 0.15) is 5.65 Å². The minimum absolute atomic E-state index is 0.930. The van der Waals surface area contributed by atoms with E-state index < -0.39 is 0 Å². The standard InChI is InChI=1S/C48H29N3/c1-2-14-33-30(12-1)13-11-20-35(33)47-38-18-5-3-16-36(38)46(37-17-4-6-19-39(37)47)32-26-24-31(25-27-32)43-28-40-41(29-49-43)34-15-7-9-22-44(34)51-45-23-10-8-21-42(45)50-48(40)51/h1-29H. The Morgan fingerprint density at radius 3 is 1.71 bits per heavy atom. The van der Waals surface area contributed by atoms with Gasteiger partial charge in [-0.25, -0.2) is 4.98 Å². The third-order valence-corrected chi connectivity index (χ3v) is 10.6. The molecule has 11 aromatic rings. The molecule has 0 fully saturated rings. The molecule has 0 saturated heterocycles. The highest BCUT2D eigenvalue weighted by Gasteiger charge is 2.19. The molecule has 0 saturated carbocycles. The van der Waals surface area contributed by atoms with Crippen LogP contribution >= 0.6 is 0 Å². The molecule has 51 heavy (non-hydrogen) atoms. The first-order chi connectivity index (χ1) is 25.3. The van der Waals surface area contributed by atoms with E-state index in [1.165, 1.54) is 60.0 Å². The van der Waals surface area contributed by atoms with Crippen LogP contribution in [0.1, 0.15) is 0 Å². The molecular weight excluding hydrogens is 619 g/mol. The van der Waals surface area contributed by atoms with Crippen molar-refractivity contribution >= 4 is 70.7 Å². The Bertz CT molecular complexity index is 3130. The summed E-state index contributed by atoms with van der Waals surface area (Å²) in [6.07, 6.45) is 2.02. The first kappa shape index (κ1) is 28.0. The monoisotopic (exact) mass is 647 g/mol. The summed E-state index contributed by atoms with van der Waals surface area (Å²) in [5, 5.41) is 10.9. The van der Waals surface area contributed by atoms with Gasteiger partial charge in [0.25, 0.3) is 0 Å². The number of nitrogens with zero attached hydrogens (tertiary/aromatic N) is 3. The summed E-state index contributed by atoms with van der Waals surface area (Å²) in [4.78, 5) is 10.1. The van der Waals surface area contributed by atoms with Crippen LogP contribution < -0.4 is 0 Å². The lowest BCUT2D eigenvalue weighted by Gasteiger charge is -2.19. The summed E-state index contributed by atoms with van der Waals surface area (Å²) in [5.41, 5.74) is 11.2. The lowest BCUT2D eigenvalue weighted by Crippen LogP contribution is -1.93. The third kappa shape index (κ3) is 4.12. The van der Waals surface area contributed by atoms with Crippen molar-refractivity contribution in [3.8, 4) is 33.5 Å². The maximum absolute atomic E-state index is 5.12. The largest absolute Gasteiger partial charge is 0.292 e. The Hall–Kier alpha value is -6.84. The molecule has 3 heterocycles. The van der Waals surface area contributed by atoms with Crippen LogP contribution in [0.2, 0.25) is 0 Å². The number of para-hydroxylation sites is 3. The van der Waals surface area contributed by atoms with Crippen LogP contribution in [0.4, 0.5) is 0 Å². The summed E-state index contributed by atoms with van der Waals surface area (Å²) < 4.78 is 2.29. The Balaban J connectivity index is 1.11. The van der Waals surface area contributed by atoms with E-state index in [4.69, 9.17) is 9.97 Å². The number of aromatic nitrogens is 3. The maximum atomic E-state index is 5.12. The predicted molar refractivity (Wildman–Crippen MR) is 214 cm³/mol. The van der Waals surface area contributed by atoms with E-state index in [2.05, 4.69) is 174 Å². The Labute approximate surface area is 293 Å². The number of imidazole rings is 1. The molecule has 0 radical (unpaired) electrons. The van der Waals surface area contributed by atoms with E-state index in [-0.39, 0.29) is 0 Å². The number of hydrogen-bond acceptors (Lipinski definition) is 2. The van der Waals surface area contributed by atoms with Crippen LogP contribution in [0.3, 0.4) is 0 Å². The van der Waals surface area contributed by atoms with Gasteiger partial charge in [-0.2, -0.15) is 0 Å². The van der Waals surface area contributed by atoms with Crippen LogP contribution in [-0.4, -0.2) is 14.4 Å². The van der Waals surface area contributed by atoms with E-state index in [9.17, 15) is 0 Å². The van der Waals surface area contributed by atoms with Gasteiger partial charge >= 0.3 is 0 Å². The molecule has 0 aliphatic carbocycles. The van der Waals surface area contributed by atoms with Crippen molar-refractivity contribution in [2.24, 2.45) is 0 Å². The second kappa shape index (κ2) is 10.8. The molecule has 0 aliphatic heterocycles. The highest BCUT2D eigenvalue weighted by molar-refractivity contribution is 6.23. The summed E-state index contributed by atoms with van der Waals surface area (Å²) in [6, 6.07) is 61.1. The normalized spacial score (nSPS) is 11.9. The summed E-state index contributed by atoms with van der Waals surface area (Å²) in [7, 11) is 0. The van der Waals surface area contributed by atoms with Crippen LogP contribution in [0.5, 0.6) is 0 Å². The van der Waals surface area contributed by atoms with Crippen LogP contribution in [0.15, 0.2) is 176 Å². The minimum Gasteiger partial charge on any atom is -0.292 e. The lowest BCUT2D eigenvalue weighted by molar-refractivity contribution is 1.30. The minimum atomic E-state index is 0.930. The fourth-order valence-corrected chi connectivity index (χ4v) is 8.34. The number of hydrogen-bond donors (Lipinski definition) is 0. The fraction of sp³-hybridized carbons (Fsp3) is 0. The molecule has 0 aliphatic rings. The van der Waals surface area contributed by atoms with Crippen molar-refractivity contribution in [3.63, 3.8) is 0 Å². The van der Waals surface area contributed by atoms with Gasteiger partial charge in [-0.05, 0) is 78.8 Å². The second-order valence-electron chi connectivity index (χ2n) is 13.3. The fourth-order valence-electron chi connectivity index (χ4n) is 8.34. The molecule has 0 spiro atoms. The number of rotatable bonds is 3. The Morgan fingerprint density at radius 2 is 0.961 bits per heavy atom. The smallest absolute Gasteiger partial charge is 0.146 e. The van der Waals surface area contributed by atoms with E-state index >= 15 is 0 Å². The Morgan fingerprint density at radius 1 is 0.392 bits per heavy atom. The zero-order valence-corrected chi connectivity index (χ0v) is 27.6. The van der Waals surface area contributed by atoms with Crippen molar-refractivity contribution in [2.75, 3.05) is 0 Å². The van der Waals surface area contributed by atoms with E-state index in [0.717, 1.165) is 44.2 Å². The van der Waals surface area contributed by atoms with Gasteiger partial charge < -0.3 is 0 Å². The van der Waals surface area contributed by atoms with Gasteiger partial charge in [0, 0.05) is 27.9 Å². The summed E-state index contributed by atoms with van der Waals surface area (Å²) in [5.74, 6) is 0. The molecule has 0 unspecified atom stereocenters. The predicted octanol–water partition coefficient (Wildman–Crippen LogP) is 12.6. The van der Waals surface area contributed by atoms with Gasteiger partial charge in [0.05, 0.1) is 22.2 Å². The van der Waals surface area contributed by atoms with Crippen molar-refractivity contribution in [1.29, 1.82) is 0 Å². The van der Waals surface area contributed by atoms with Gasteiger partial charge in [-0.15, -0.1) is 0 Å². The highest BCUT2D eigenvalue weighted by atomic mass is 15.0. The van der Waals surface area contributed by atoms with Crippen LogP contribution in [-0.2, 0) is 0 Å². The molecule has 3 nitrogen and oxygen atoms in total. The molecule has 8 aromatic carbocycles. The first-order valence-corrected chi connectivity index (χ1v) is 17.4. The van der Waals surface area contributed by atoms with Gasteiger partial charge in [-0.3, -0.25) is 9.38 Å². The molecule has 3 aromatic heterocycles. The molecule has 0 N–H and O–H groups in total. The lowest BCUT2D eigenvalue weighted by atomic mass is 9.84. The first-order valence-electron chi connectivity index (χ1n) is 17.4. The summed E-state index contributed by atoms with van der Waals surface area (Å²) in [6.45, 7) is 0. The maximum Gasteiger partial charge on any atom is 0.146 e. The van der Waals surface area contributed by atoms with E-state index in [0.29, 0.717) is 0 Å². The zero-order valence-electron chi connectivity index (χ0n) is 27.6. The molecule has 3 heteroatoms. The average molecular weight is 648 g/mol. The molecule has 0 bridgehead atoms. The number of fused-ring (bicyclic) bond motifs is 11. The number of benzene rings is 8. The molecule has 11 rings (SSSR count). The van der Waals surface area contributed by atoms with Crippen LogP contribution in [0.25, 0.3) is 104 Å². The average Bonchev–Trinajstić information content (AvgIpc) is 3.60. The quantitative estimate of drug-likeness (QED) is 0.141. The van der Waals surface area contributed by atoms with Gasteiger partial charge in [-0.1, -0.05) is 146 Å². The van der Waals surface area contributed by atoms with E-state index in [1.807, 2.05) is 6.20 Å². The van der Waals surface area contributed by atoms with Crippen molar-refractivity contribution in [1.82, 2.24) is 14.4 Å². The molecule has 236 valence electrons. The Kier molecular flexibility index (Phi) is 5.96. The molecular formula is C48H29N3. The SMILES string of the molecule is c1ccc2c(-c3c4ccccc4c(-c4ccc(-c5cc6c(cn5)c5ccccc5n5c7ccccc7nc65)cc4)c4ccccc34)cccc2c1. The third-order valence-electron chi connectivity index (χ3n) is 10.6. The van der Waals surface area contributed by atoms with Crippen molar-refractivity contribution in [2.45, 2.75) is 0 Å². The van der Waals surface area contributed by atoms with Gasteiger partial charge in [0.2, 0.25) is 0 Å². The second-order valence-corrected chi connectivity index (χ2v) is 13.3. The zero-order chi connectivity index (χ0) is 33.5. The number of pyridine rings is 2. The van der Waals surface area contributed by atoms with Crippen molar-refractivity contribution < 1.29 is 0 Å². The summed E-state index contributed by atoms with van der Waals surface area (Å²) >= 11 is 0. The van der Waals surface area contributed by atoms with Gasteiger partial charge in [0.15, 0.2) is 0 Å². The van der Waals surface area contributed by atoms with Crippen molar-refractivity contribution in [3.05, 3.63) is 176 Å². The topological polar surface area (TPSA) is 30.2 Å². The van der Waals surface area contributed by atoms with E-state index in [1.54, 1.807) is 0 Å².